The molecule has 0 bridgehead atoms. The minimum atomic E-state index is -0.368. The first-order valence-electron chi connectivity index (χ1n) is 6.86. The van der Waals surface area contributed by atoms with Crippen LogP contribution < -0.4 is 5.32 Å². The maximum Gasteiger partial charge on any atom is 0.407 e. The summed E-state index contributed by atoms with van der Waals surface area (Å²) >= 11 is 0. The van der Waals surface area contributed by atoms with Crippen molar-refractivity contribution in [1.29, 1.82) is 0 Å². The standard InChI is InChI=1S/C15H21NO3/c17-10-13-7-4-8-14(9-13)16-15(18)19-11-12-5-2-1-3-6-12/h1-3,5-6,13-14,17H,4,7-11H2,(H,16,18)/t13-,14-/m1/s1. The lowest BCUT2D eigenvalue weighted by molar-refractivity contribution is 0.124. The fourth-order valence-corrected chi connectivity index (χ4v) is 2.52. The number of ether oxygens (including phenoxy) is 1. The summed E-state index contributed by atoms with van der Waals surface area (Å²) in [5.74, 6) is 0.313. The molecule has 1 fully saturated rings. The molecule has 104 valence electrons. The van der Waals surface area contributed by atoms with E-state index in [0.717, 1.165) is 31.2 Å². The van der Waals surface area contributed by atoms with Crippen LogP contribution >= 0.6 is 0 Å². The zero-order chi connectivity index (χ0) is 13.5. The molecule has 0 unspecified atom stereocenters. The van der Waals surface area contributed by atoms with Crippen molar-refractivity contribution >= 4 is 6.09 Å². The number of rotatable bonds is 4. The van der Waals surface area contributed by atoms with Gasteiger partial charge in [-0.05, 0) is 30.7 Å². The van der Waals surface area contributed by atoms with E-state index in [-0.39, 0.29) is 18.7 Å². The average molecular weight is 263 g/mol. The van der Waals surface area contributed by atoms with E-state index < -0.39 is 0 Å². The second-order valence-corrected chi connectivity index (χ2v) is 5.12. The van der Waals surface area contributed by atoms with E-state index in [1.54, 1.807) is 0 Å². The summed E-state index contributed by atoms with van der Waals surface area (Å²) in [5, 5.41) is 12.0. The lowest BCUT2D eigenvalue weighted by Gasteiger charge is -2.28. The number of carbonyl (C=O) groups excluding carboxylic acids is 1. The highest BCUT2D eigenvalue weighted by Gasteiger charge is 2.23. The van der Waals surface area contributed by atoms with Crippen LogP contribution in [0.25, 0.3) is 0 Å². The predicted octanol–water partition coefficient (Wildman–Crippen LogP) is 2.46. The van der Waals surface area contributed by atoms with Gasteiger partial charge in [-0.25, -0.2) is 4.79 Å². The van der Waals surface area contributed by atoms with Crippen molar-refractivity contribution in [1.82, 2.24) is 5.32 Å². The summed E-state index contributed by atoms with van der Waals surface area (Å²) < 4.78 is 5.19. The molecule has 1 saturated carbocycles. The highest BCUT2D eigenvalue weighted by Crippen LogP contribution is 2.23. The first-order chi connectivity index (χ1) is 9.28. The normalized spacial score (nSPS) is 22.8. The van der Waals surface area contributed by atoms with Crippen molar-refractivity contribution in [3.63, 3.8) is 0 Å². The highest BCUT2D eigenvalue weighted by molar-refractivity contribution is 5.67. The van der Waals surface area contributed by atoms with Gasteiger partial charge >= 0.3 is 6.09 Å². The van der Waals surface area contributed by atoms with Crippen LogP contribution in [-0.2, 0) is 11.3 Å². The molecule has 1 aliphatic carbocycles. The number of hydrogen-bond donors (Lipinski definition) is 2. The van der Waals surface area contributed by atoms with E-state index in [9.17, 15) is 4.79 Å². The first kappa shape index (κ1) is 13.9. The maximum atomic E-state index is 11.7. The monoisotopic (exact) mass is 263 g/mol. The number of nitrogens with one attached hydrogen (secondary N) is 1. The molecule has 19 heavy (non-hydrogen) atoms. The number of benzene rings is 1. The molecule has 1 aromatic rings. The number of aliphatic hydroxyl groups excluding tert-OH is 1. The third-order valence-corrected chi connectivity index (χ3v) is 3.58. The summed E-state index contributed by atoms with van der Waals surface area (Å²) in [6.45, 7) is 0.500. The van der Waals surface area contributed by atoms with Crippen molar-refractivity contribution in [3.8, 4) is 0 Å². The number of alkyl carbamates (subject to hydrolysis) is 1. The molecule has 0 radical (unpaired) electrons. The van der Waals surface area contributed by atoms with Gasteiger partial charge in [-0.15, -0.1) is 0 Å². The Kier molecular flexibility index (Phi) is 5.21. The van der Waals surface area contributed by atoms with E-state index >= 15 is 0 Å². The molecule has 2 rings (SSSR count). The van der Waals surface area contributed by atoms with Crippen LogP contribution in [0.1, 0.15) is 31.2 Å². The van der Waals surface area contributed by atoms with Crippen LogP contribution in [0.5, 0.6) is 0 Å². The molecule has 0 aromatic heterocycles. The molecule has 0 heterocycles. The van der Waals surface area contributed by atoms with Crippen LogP contribution in [0.4, 0.5) is 4.79 Å². The Labute approximate surface area is 113 Å². The summed E-state index contributed by atoms with van der Waals surface area (Å²) in [5.41, 5.74) is 0.981. The number of aliphatic hydroxyl groups is 1. The summed E-state index contributed by atoms with van der Waals surface area (Å²) in [4.78, 5) is 11.7. The van der Waals surface area contributed by atoms with Crippen LogP contribution in [-0.4, -0.2) is 23.8 Å². The zero-order valence-electron chi connectivity index (χ0n) is 11.0. The van der Waals surface area contributed by atoms with Gasteiger partial charge in [0.15, 0.2) is 0 Å². The average Bonchev–Trinajstić information content (AvgIpc) is 2.46. The minimum Gasteiger partial charge on any atom is -0.445 e. The second-order valence-electron chi connectivity index (χ2n) is 5.12. The lowest BCUT2D eigenvalue weighted by atomic mass is 9.86. The van der Waals surface area contributed by atoms with Crippen LogP contribution in [0.2, 0.25) is 0 Å². The smallest absolute Gasteiger partial charge is 0.407 e. The van der Waals surface area contributed by atoms with E-state index in [1.165, 1.54) is 0 Å². The van der Waals surface area contributed by atoms with Gasteiger partial charge in [0, 0.05) is 12.6 Å². The second kappa shape index (κ2) is 7.14. The van der Waals surface area contributed by atoms with Gasteiger partial charge in [0.25, 0.3) is 0 Å². The Balaban J connectivity index is 1.72. The molecule has 1 amide bonds. The fraction of sp³-hybridized carbons (Fsp3) is 0.533. The fourth-order valence-electron chi connectivity index (χ4n) is 2.52. The Morgan fingerprint density at radius 3 is 2.84 bits per heavy atom. The SMILES string of the molecule is O=C(N[C@@H]1CCC[C@@H](CO)C1)OCc1ccccc1. The molecule has 0 aliphatic heterocycles. The first-order valence-corrected chi connectivity index (χ1v) is 6.86. The Morgan fingerprint density at radius 2 is 2.11 bits per heavy atom. The largest absolute Gasteiger partial charge is 0.445 e. The molecule has 1 aromatic carbocycles. The third kappa shape index (κ3) is 4.56. The molecule has 2 atom stereocenters. The Morgan fingerprint density at radius 1 is 1.32 bits per heavy atom. The number of amides is 1. The van der Waals surface area contributed by atoms with E-state index in [2.05, 4.69) is 5.32 Å². The van der Waals surface area contributed by atoms with E-state index in [4.69, 9.17) is 9.84 Å². The van der Waals surface area contributed by atoms with E-state index in [1.807, 2.05) is 30.3 Å². The number of hydrogen-bond acceptors (Lipinski definition) is 3. The summed E-state index contributed by atoms with van der Waals surface area (Å²) in [7, 11) is 0. The quantitative estimate of drug-likeness (QED) is 0.877. The summed E-state index contributed by atoms with van der Waals surface area (Å²) in [6.07, 6.45) is 3.55. The molecule has 2 N–H and O–H groups in total. The number of carbonyl (C=O) groups is 1. The maximum absolute atomic E-state index is 11.7. The van der Waals surface area contributed by atoms with Crippen molar-refractivity contribution in [2.45, 2.75) is 38.3 Å². The van der Waals surface area contributed by atoms with Gasteiger partial charge < -0.3 is 15.2 Å². The molecule has 4 nitrogen and oxygen atoms in total. The van der Waals surface area contributed by atoms with Crippen LogP contribution in [0.15, 0.2) is 30.3 Å². The minimum absolute atomic E-state index is 0.133. The van der Waals surface area contributed by atoms with Gasteiger partial charge in [0.2, 0.25) is 0 Å². The Bertz CT molecular complexity index is 394. The Hall–Kier alpha value is -1.55. The van der Waals surface area contributed by atoms with Gasteiger partial charge in [0.1, 0.15) is 6.61 Å². The molecule has 0 spiro atoms. The highest BCUT2D eigenvalue weighted by atomic mass is 16.5. The van der Waals surface area contributed by atoms with E-state index in [0.29, 0.717) is 12.5 Å². The van der Waals surface area contributed by atoms with Gasteiger partial charge in [-0.3, -0.25) is 0 Å². The molecule has 4 heteroatoms. The zero-order valence-corrected chi connectivity index (χ0v) is 11.0. The van der Waals surface area contributed by atoms with Gasteiger partial charge in [0.05, 0.1) is 0 Å². The molecular formula is C15H21NO3. The predicted molar refractivity (Wildman–Crippen MR) is 72.6 cm³/mol. The molecule has 1 aliphatic rings. The molecule has 0 saturated heterocycles. The molecular weight excluding hydrogens is 242 g/mol. The van der Waals surface area contributed by atoms with Gasteiger partial charge in [-0.2, -0.15) is 0 Å². The van der Waals surface area contributed by atoms with Crippen LogP contribution in [0, 0.1) is 5.92 Å². The summed E-state index contributed by atoms with van der Waals surface area (Å²) in [6, 6.07) is 9.76. The van der Waals surface area contributed by atoms with Gasteiger partial charge in [-0.1, -0.05) is 36.8 Å². The van der Waals surface area contributed by atoms with Crippen molar-refractivity contribution < 1.29 is 14.6 Å². The van der Waals surface area contributed by atoms with Crippen LogP contribution in [0.3, 0.4) is 0 Å². The third-order valence-electron chi connectivity index (χ3n) is 3.58. The van der Waals surface area contributed by atoms with Crippen molar-refractivity contribution in [3.05, 3.63) is 35.9 Å². The topological polar surface area (TPSA) is 58.6 Å². The van der Waals surface area contributed by atoms with Crippen molar-refractivity contribution in [2.75, 3.05) is 6.61 Å². The van der Waals surface area contributed by atoms with Crippen molar-refractivity contribution in [2.24, 2.45) is 5.92 Å². The lowest BCUT2D eigenvalue weighted by Crippen LogP contribution is -2.39.